The van der Waals surface area contributed by atoms with Gasteiger partial charge in [-0.15, -0.1) is 0 Å². The minimum absolute atomic E-state index is 0.984. The van der Waals surface area contributed by atoms with Crippen molar-refractivity contribution >= 4 is 0 Å². The summed E-state index contributed by atoms with van der Waals surface area (Å²) in [6.45, 7) is 8.50. The molecule has 1 fully saturated rings. The van der Waals surface area contributed by atoms with Gasteiger partial charge >= 0.3 is 0 Å². The summed E-state index contributed by atoms with van der Waals surface area (Å²) in [5, 5.41) is 0. The number of unbranched alkanes of at least 4 members (excludes halogenated alkanes) is 3. The molecular formula is C21H35N. The predicted molar refractivity (Wildman–Crippen MR) is 97.4 cm³/mol. The third-order valence-electron chi connectivity index (χ3n) is 5.23. The molecule has 0 spiro atoms. The van der Waals surface area contributed by atoms with E-state index in [1.54, 1.807) is 0 Å². The molecule has 0 atom stereocenters. The molecule has 1 heterocycles. The topological polar surface area (TPSA) is 3.24 Å². The highest BCUT2D eigenvalue weighted by molar-refractivity contribution is 5.21. The summed E-state index contributed by atoms with van der Waals surface area (Å²) in [6.07, 6.45) is 12.5. The molecule has 1 aromatic rings. The molecule has 124 valence electrons. The first kappa shape index (κ1) is 17.5. The lowest BCUT2D eigenvalue weighted by Crippen LogP contribution is -2.34. The first-order valence-corrected chi connectivity index (χ1v) is 9.56. The van der Waals surface area contributed by atoms with Gasteiger partial charge in [-0.25, -0.2) is 0 Å². The molecule has 0 aromatic heterocycles. The van der Waals surface area contributed by atoms with Crippen molar-refractivity contribution in [2.24, 2.45) is 5.92 Å². The van der Waals surface area contributed by atoms with E-state index in [4.69, 9.17) is 0 Å². The Morgan fingerprint density at radius 1 is 0.955 bits per heavy atom. The standard InChI is InChI=1S/C21H35N/c1-3-4-5-6-16-22-17-14-21(15-18-22)9-7-8-20-12-10-19(2)11-13-20/h10-13,21H,3-9,14-18H2,1-2H3. The van der Waals surface area contributed by atoms with Crippen LogP contribution >= 0.6 is 0 Å². The van der Waals surface area contributed by atoms with Gasteiger partial charge in [-0.3, -0.25) is 0 Å². The summed E-state index contributed by atoms with van der Waals surface area (Å²) < 4.78 is 0. The van der Waals surface area contributed by atoms with Crippen LogP contribution in [-0.2, 0) is 6.42 Å². The second-order valence-electron chi connectivity index (χ2n) is 7.22. The fraction of sp³-hybridized carbons (Fsp3) is 0.714. The maximum Gasteiger partial charge on any atom is -0.00161 e. The van der Waals surface area contributed by atoms with Crippen LogP contribution in [0.4, 0.5) is 0 Å². The van der Waals surface area contributed by atoms with Gasteiger partial charge < -0.3 is 4.90 Å². The molecule has 0 amide bonds. The average molecular weight is 302 g/mol. The van der Waals surface area contributed by atoms with Crippen LogP contribution in [0.25, 0.3) is 0 Å². The molecule has 0 bridgehead atoms. The molecule has 1 nitrogen and oxygen atoms in total. The number of hydrogen-bond acceptors (Lipinski definition) is 1. The third kappa shape index (κ3) is 6.52. The highest BCUT2D eigenvalue weighted by Crippen LogP contribution is 2.23. The zero-order valence-electron chi connectivity index (χ0n) is 14.8. The maximum absolute atomic E-state index is 2.70. The summed E-state index contributed by atoms with van der Waals surface area (Å²) in [6, 6.07) is 9.08. The largest absolute Gasteiger partial charge is 0.303 e. The zero-order chi connectivity index (χ0) is 15.6. The van der Waals surface area contributed by atoms with E-state index in [0.717, 1.165) is 5.92 Å². The van der Waals surface area contributed by atoms with Crippen LogP contribution in [0, 0.1) is 12.8 Å². The van der Waals surface area contributed by atoms with E-state index in [1.807, 2.05) is 0 Å². The van der Waals surface area contributed by atoms with Crippen molar-refractivity contribution in [3.63, 3.8) is 0 Å². The fourth-order valence-electron chi connectivity index (χ4n) is 3.61. The molecule has 0 aliphatic carbocycles. The Balaban J connectivity index is 1.54. The lowest BCUT2D eigenvalue weighted by atomic mass is 9.90. The minimum Gasteiger partial charge on any atom is -0.303 e. The molecule has 1 saturated heterocycles. The molecule has 22 heavy (non-hydrogen) atoms. The van der Waals surface area contributed by atoms with Gasteiger partial charge in [0.2, 0.25) is 0 Å². The molecule has 1 heteroatoms. The molecular weight excluding hydrogens is 266 g/mol. The Morgan fingerprint density at radius 2 is 1.68 bits per heavy atom. The monoisotopic (exact) mass is 301 g/mol. The van der Waals surface area contributed by atoms with Gasteiger partial charge in [0.1, 0.15) is 0 Å². The van der Waals surface area contributed by atoms with E-state index in [1.165, 1.54) is 88.5 Å². The minimum atomic E-state index is 0.984. The van der Waals surface area contributed by atoms with Crippen molar-refractivity contribution in [1.82, 2.24) is 4.90 Å². The molecule has 0 radical (unpaired) electrons. The van der Waals surface area contributed by atoms with Crippen LogP contribution in [0.3, 0.4) is 0 Å². The highest BCUT2D eigenvalue weighted by atomic mass is 15.1. The van der Waals surface area contributed by atoms with Crippen LogP contribution in [0.5, 0.6) is 0 Å². The SMILES string of the molecule is CCCCCCN1CCC(CCCc2ccc(C)cc2)CC1. The van der Waals surface area contributed by atoms with Crippen LogP contribution in [0.1, 0.15) is 69.4 Å². The third-order valence-corrected chi connectivity index (χ3v) is 5.23. The smallest absolute Gasteiger partial charge is 0.00161 e. The van der Waals surface area contributed by atoms with Crippen molar-refractivity contribution in [3.05, 3.63) is 35.4 Å². The summed E-state index contributed by atoms with van der Waals surface area (Å²) >= 11 is 0. The lowest BCUT2D eigenvalue weighted by Gasteiger charge is -2.32. The Labute approximate surface area is 138 Å². The lowest BCUT2D eigenvalue weighted by molar-refractivity contribution is 0.175. The molecule has 1 aromatic carbocycles. The van der Waals surface area contributed by atoms with Crippen molar-refractivity contribution in [2.45, 2.75) is 71.6 Å². The maximum atomic E-state index is 2.70. The molecule has 1 aliphatic heterocycles. The second-order valence-corrected chi connectivity index (χ2v) is 7.22. The van der Waals surface area contributed by atoms with Gasteiger partial charge in [-0.1, -0.05) is 62.4 Å². The highest BCUT2D eigenvalue weighted by Gasteiger charge is 2.18. The first-order chi connectivity index (χ1) is 10.8. The average Bonchev–Trinajstić information content (AvgIpc) is 2.55. The number of aryl methyl sites for hydroxylation is 2. The van der Waals surface area contributed by atoms with Gasteiger partial charge in [0, 0.05) is 0 Å². The summed E-state index contributed by atoms with van der Waals surface area (Å²) in [5.41, 5.74) is 2.88. The van der Waals surface area contributed by atoms with Crippen LogP contribution in [0.15, 0.2) is 24.3 Å². The van der Waals surface area contributed by atoms with Crippen molar-refractivity contribution in [3.8, 4) is 0 Å². The van der Waals surface area contributed by atoms with Gasteiger partial charge in [0.25, 0.3) is 0 Å². The van der Waals surface area contributed by atoms with Crippen LogP contribution < -0.4 is 0 Å². The van der Waals surface area contributed by atoms with E-state index in [9.17, 15) is 0 Å². The van der Waals surface area contributed by atoms with Gasteiger partial charge in [-0.2, -0.15) is 0 Å². The van der Waals surface area contributed by atoms with Crippen molar-refractivity contribution in [2.75, 3.05) is 19.6 Å². The fourth-order valence-corrected chi connectivity index (χ4v) is 3.61. The normalized spacial score (nSPS) is 17.0. The molecule has 0 N–H and O–H groups in total. The van der Waals surface area contributed by atoms with Crippen LogP contribution in [-0.4, -0.2) is 24.5 Å². The first-order valence-electron chi connectivity index (χ1n) is 9.56. The second kappa shape index (κ2) is 10.0. The zero-order valence-corrected chi connectivity index (χ0v) is 14.8. The van der Waals surface area contributed by atoms with Gasteiger partial charge in [0.05, 0.1) is 0 Å². The number of hydrogen-bond donors (Lipinski definition) is 0. The van der Waals surface area contributed by atoms with E-state index in [2.05, 4.69) is 43.0 Å². The van der Waals surface area contributed by atoms with E-state index in [0.29, 0.717) is 0 Å². The summed E-state index contributed by atoms with van der Waals surface area (Å²) in [4.78, 5) is 2.70. The van der Waals surface area contributed by atoms with Crippen LogP contribution in [0.2, 0.25) is 0 Å². The number of rotatable bonds is 9. The predicted octanol–water partition coefficient (Wildman–Crippen LogP) is 5.61. The summed E-state index contributed by atoms with van der Waals surface area (Å²) in [7, 11) is 0. The van der Waals surface area contributed by atoms with E-state index in [-0.39, 0.29) is 0 Å². The molecule has 2 rings (SSSR count). The molecule has 0 saturated carbocycles. The Kier molecular flexibility index (Phi) is 8.01. The number of nitrogens with zero attached hydrogens (tertiary/aromatic N) is 1. The Hall–Kier alpha value is -0.820. The Bertz CT molecular complexity index is 387. The summed E-state index contributed by atoms with van der Waals surface area (Å²) in [5.74, 6) is 0.984. The molecule has 0 unspecified atom stereocenters. The van der Waals surface area contributed by atoms with Crippen molar-refractivity contribution in [1.29, 1.82) is 0 Å². The number of piperidine rings is 1. The molecule has 1 aliphatic rings. The van der Waals surface area contributed by atoms with E-state index >= 15 is 0 Å². The van der Waals surface area contributed by atoms with Gasteiger partial charge in [-0.05, 0) is 70.1 Å². The quantitative estimate of drug-likeness (QED) is 0.536. The Morgan fingerprint density at radius 3 is 2.36 bits per heavy atom. The number of likely N-dealkylation sites (tertiary alicyclic amines) is 1. The number of benzene rings is 1. The van der Waals surface area contributed by atoms with E-state index < -0.39 is 0 Å². The van der Waals surface area contributed by atoms with Gasteiger partial charge in [0.15, 0.2) is 0 Å². The van der Waals surface area contributed by atoms with Crippen molar-refractivity contribution < 1.29 is 0 Å².